The van der Waals surface area contributed by atoms with Gasteiger partial charge in [-0.25, -0.2) is 0 Å². The molecule has 2 aromatic rings. The van der Waals surface area contributed by atoms with Crippen LogP contribution in [-0.2, 0) is 13.1 Å². The lowest BCUT2D eigenvalue weighted by Crippen LogP contribution is -3.16. The molecule has 1 unspecified atom stereocenters. The molecular weight excluding hydrogens is 300 g/mol. The number of nitrogens with one attached hydrogen (secondary N) is 2. The average molecular weight is 330 g/mol. The summed E-state index contributed by atoms with van der Waals surface area (Å²) in [5.74, 6) is 1.81. The quantitative estimate of drug-likeness (QED) is 0.698. The van der Waals surface area contributed by atoms with Crippen molar-refractivity contribution in [3.8, 4) is 11.5 Å². The van der Waals surface area contributed by atoms with Gasteiger partial charge in [-0.1, -0.05) is 30.3 Å². The minimum absolute atomic E-state index is 0.878. The van der Waals surface area contributed by atoms with Crippen molar-refractivity contribution in [1.82, 2.24) is 0 Å². The fourth-order valence-corrected chi connectivity index (χ4v) is 2.84. The summed E-state index contributed by atoms with van der Waals surface area (Å²) >= 11 is 0. The van der Waals surface area contributed by atoms with E-state index in [0.717, 1.165) is 37.7 Å². The van der Waals surface area contributed by atoms with Crippen molar-refractivity contribution in [2.24, 2.45) is 0 Å². The first-order valence-electron chi connectivity index (χ1n) is 8.49. The van der Waals surface area contributed by atoms with E-state index in [2.05, 4.69) is 50.5 Å². The molecule has 2 rings (SSSR count). The normalized spacial score (nSPS) is 12.2. The van der Waals surface area contributed by atoms with E-state index in [-0.39, 0.29) is 0 Å². The lowest BCUT2D eigenvalue weighted by Gasteiger charge is -2.22. The Hall–Kier alpha value is -2.04. The van der Waals surface area contributed by atoms with Gasteiger partial charge in [0.1, 0.15) is 37.7 Å². The van der Waals surface area contributed by atoms with E-state index in [9.17, 15) is 0 Å². The third kappa shape index (κ3) is 5.55. The van der Waals surface area contributed by atoms with Crippen LogP contribution in [0.2, 0.25) is 0 Å². The number of ether oxygens (including phenoxy) is 2. The number of rotatable bonds is 9. The Morgan fingerprint density at radius 1 is 0.833 bits per heavy atom. The molecule has 0 bridgehead atoms. The van der Waals surface area contributed by atoms with Gasteiger partial charge in [0.25, 0.3) is 0 Å². The molecule has 4 nitrogen and oxygen atoms in total. The van der Waals surface area contributed by atoms with Gasteiger partial charge in [-0.3, -0.25) is 0 Å². The van der Waals surface area contributed by atoms with Crippen LogP contribution >= 0.6 is 0 Å². The highest BCUT2D eigenvalue weighted by Crippen LogP contribution is 2.23. The first-order chi connectivity index (χ1) is 11.6. The maximum atomic E-state index is 5.55. The van der Waals surface area contributed by atoms with Gasteiger partial charge in [-0.05, 0) is 18.2 Å². The van der Waals surface area contributed by atoms with Gasteiger partial charge in [-0.15, -0.1) is 0 Å². The summed E-state index contributed by atoms with van der Waals surface area (Å²) in [5, 5.41) is 0. The van der Waals surface area contributed by atoms with Gasteiger partial charge in [0.15, 0.2) is 0 Å². The summed E-state index contributed by atoms with van der Waals surface area (Å²) in [6, 6.07) is 16.7. The largest absolute Gasteiger partial charge is 0.497 e. The van der Waals surface area contributed by atoms with Gasteiger partial charge in [0.05, 0.1) is 33.9 Å². The zero-order valence-corrected chi connectivity index (χ0v) is 15.3. The Labute approximate surface area is 145 Å². The standard InChI is InChI=1S/C20H28N2O2/c1-21(2)12-13-22(15-17-8-6-5-7-9-17)16-18-14-19(23-3)10-11-20(18)24-4/h5-11,14H,12-13,15-16H2,1-4H3/p+2. The van der Waals surface area contributed by atoms with Crippen molar-refractivity contribution in [3.63, 3.8) is 0 Å². The summed E-state index contributed by atoms with van der Waals surface area (Å²) in [5.41, 5.74) is 2.56. The molecule has 0 amide bonds. The Morgan fingerprint density at radius 3 is 2.21 bits per heavy atom. The lowest BCUT2D eigenvalue weighted by atomic mass is 10.1. The Kier molecular flexibility index (Phi) is 7.09. The van der Waals surface area contributed by atoms with Crippen LogP contribution in [0.4, 0.5) is 0 Å². The highest BCUT2D eigenvalue weighted by molar-refractivity contribution is 5.39. The number of benzene rings is 2. The molecular formula is C20H30N2O2+2. The number of likely N-dealkylation sites (N-methyl/N-ethyl adjacent to an activating group) is 1. The van der Waals surface area contributed by atoms with E-state index in [1.807, 2.05) is 12.1 Å². The number of quaternary nitrogens is 2. The molecule has 0 spiro atoms. The van der Waals surface area contributed by atoms with Gasteiger partial charge < -0.3 is 19.3 Å². The molecule has 0 aliphatic rings. The van der Waals surface area contributed by atoms with Gasteiger partial charge in [0, 0.05) is 5.56 Å². The summed E-state index contributed by atoms with van der Waals surface area (Å²) in [7, 11) is 7.83. The van der Waals surface area contributed by atoms with Crippen LogP contribution in [0.1, 0.15) is 11.1 Å². The molecule has 4 heteroatoms. The molecule has 0 heterocycles. The molecule has 2 aromatic carbocycles. The van der Waals surface area contributed by atoms with Crippen molar-refractivity contribution in [3.05, 3.63) is 59.7 Å². The fourth-order valence-electron chi connectivity index (χ4n) is 2.84. The monoisotopic (exact) mass is 330 g/mol. The van der Waals surface area contributed by atoms with Crippen LogP contribution in [0, 0.1) is 0 Å². The Morgan fingerprint density at radius 2 is 1.58 bits per heavy atom. The zero-order valence-electron chi connectivity index (χ0n) is 15.3. The van der Waals surface area contributed by atoms with Gasteiger partial charge in [-0.2, -0.15) is 0 Å². The lowest BCUT2D eigenvalue weighted by molar-refractivity contribution is -0.960. The molecule has 1 atom stereocenters. The maximum absolute atomic E-state index is 5.55. The molecule has 24 heavy (non-hydrogen) atoms. The van der Waals surface area contributed by atoms with E-state index in [1.54, 1.807) is 14.2 Å². The third-order valence-corrected chi connectivity index (χ3v) is 4.20. The number of hydrogen-bond acceptors (Lipinski definition) is 2. The van der Waals surface area contributed by atoms with E-state index in [4.69, 9.17) is 9.47 Å². The average Bonchev–Trinajstić information content (AvgIpc) is 2.60. The third-order valence-electron chi connectivity index (χ3n) is 4.20. The smallest absolute Gasteiger partial charge is 0.127 e. The van der Waals surface area contributed by atoms with Gasteiger partial charge >= 0.3 is 0 Å². The summed E-state index contributed by atoms with van der Waals surface area (Å²) in [6.07, 6.45) is 0. The van der Waals surface area contributed by atoms with Crippen LogP contribution in [0.5, 0.6) is 11.5 Å². The second-order valence-corrected chi connectivity index (χ2v) is 6.47. The SMILES string of the molecule is COc1ccc(OC)c(C[NH+](CC[NH+](C)C)Cc2ccccc2)c1. The molecule has 0 saturated carbocycles. The first kappa shape index (κ1) is 18.3. The van der Waals surface area contributed by atoms with Crippen LogP contribution in [0.25, 0.3) is 0 Å². The zero-order chi connectivity index (χ0) is 17.4. The van der Waals surface area contributed by atoms with Crippen molar-refractivity contribution >= 4 is 0 Å². The van der Waals surface area contributed by atoms with Crippen molar-refractivity contribution < 1.29 is 19.3 Å². The highest BCUT2D eigenvalue weighted by atomic mass is 16.5. The van der Waals surface area contributed by atoms with Crippen LogP contribution in [-0.4, -0.2) is 41.4 Å². The Bertz CT molecular complexity index is 614. The molecule has 0 aliphatic carbocycles. The number of methoxy groups -OCH3 is 2. The van der Waals surface area contributed by atoms with E-state index < -0.39 is 0 Å². The second-order valence-electron chi connectivity index (χ2n) is 6.47. The van der Waals surface area contributed by atoms with E-state index in [0.29, 0.717) is 0 Å². The maximum Gasteiger partial charge on any atom is 0.127 e. The fraction of sp³-hybridized carbons (Fsp3) is 0.400. The first-order valence-corrected chi connectivity index (χ1v) is 8.49. The molecule has 0 aromatic heterocycles. The van der Waals surface area contributed by atoms with Crippen molar-refractivity contribution in [2.75, 3.05) is 41.4 Å². The van der Waals surface area contributed by atoms with E-state index >= 15 is 0 Å². The van der Waals surface area contributed by atoms with Crippen LogP contribution < -0.4 is 19.3 Å². The van der Waals surface area contributed by atoms with Gasteiger partial charge in [0.2, 0.25) is 0 Å². The summed E-state index contributed by atoms with van der Waals surface area (Å²) in [4.78, 5) is 2.99. The Balaban J connectivity index is 2.17. The van der Waals surface area contributed by atoms with Crippen LogP contribution in [0.15, 0.2) is 48.5 Å². The molecule has 0 saturated heterocycles. The molecule has 2 N–H and O–H groups in total. The predicted octanol–water partition coefficient (Wildman–Crippen LogP) is 0.433. The van der Waals surface area contributed by atoms with Crippen molar-refractivity contribution in [2.45, 2.75) is 13.1 Å². The topological polar surface area (TPSA) is 27.3 Å². The summed E-state index contributed by atoms with van der Waals surface area (Å²) in [6.45, 7) is 4.17. The van der Waals surface area contributed by atoms with E-state index in [1.165, 1.54) is 20.9 Å². The molecule has 130 valence electrons. The van der Waals surface area contributed by atoms with Crippen LogP contribution in [0.3, 0.4) is 0 Å². The minimum atomic E-state index is 0.878. The predicted molar refractivity (Wildman–Crippen MR) is 96.9 cm³/mol. The van der Waals surface area contributed by atoms with Crippen molar-refractivity contribution in [1.29, 1.82) is 0 Å². The summed E-state index contributed by atoms with van der Waals surface area (Å²) < 4.78 is 10.9. The molecule has 0 fully saturated rings. The second kappa shape index (κ2) is 9.30. The molecule has 0 radical (unpaired) electrons. The molecule has 0 aliphatic heterocycles. The minimum Gasteiger partial charge on any atom is -0.497 e. The number of hydrogen-bond donors (Lipinski definition) is 2. The highest BCUT2D eigenvalue weighted by Gasteiger charge is 2.16.